The Kier molecular flexibility index (Phi) is 3.54. The summed E-state index contributed by atoms with van der Waals surface area (Å²) in [7, 11) is 1.72. The van der Waals surface area contributed by atoms with Crippen molar-refractivity contribution in [3.8, 4) is 0 Å². The molecule has 0 amide bonds. The zero-order valence-electron chi connectivity index (χ0n) is 10.4. The van der Waals surface area contributed by atoms with Gasteiger partial charge in [-0.1, -0.05) is 11.8 Å². The molecule has 3 rings (SSSR count). The Morgan fingerprint density at radius 3 is 2.80 bits per heavy atom. The van der Waals surface area contributed by atoms with E-state index in [0.29, 0.717) is 15.9 Å². The molecule has 3 nitrogen and oxygen atoms in total. The highest BCUT2D eigenvalue weighted by Gasteiger charge is 2.12. The van der Waals surface area contributed by atoms with Crippen LogP contribution >= 0.6 is 23.1 Å². The topological polar surface area (TPSA) is 37.8 Å². The van der Waals surface area contributed by atoms with E-state index in [0.717, 1.165) is 28.0 Å². The Morgan fingerprint density at radius 2 is 2.05 bits per heavy atom. The van der Waals surface area contributed by atoms with Crippen LogP contribution in [-0.2, 0) is 0 Å². The average molecular weight is 309 g/mol. The molecular weight excluding hydrogens is 300 g/mol. The van der Waals surface area contributed by atoms with Crippen LogP contribution in [0, 0.1) is 11.6 Å². The normalized spacial score (nSPS) is 10.9. The van der Waals surface area contributed by atoms with Crippen LogP contribution in [0.25, 0.3) is 10.2 Å². The van der Waals surface area contributed by atoms with Gasteiger partial charge in [0, 0.05) is 23.4 Å². The second-order valence-corrected chi connectivity index (χ2v) is 5.84. The Balaban J connectivity index is 2.07. The molecule has 1 aromatic carbocycles. The minimum atomic E-state index is -0.594. The highest BCUT2D eigenvalue weighted by molar-refractivity contribution is 7.99. The predicted molar refractivity (Wildman–Crippen MR) is 77.4 cm³/mol. The van der Waals surface area contributed by atoms with E-state index in [1.165, 1.54) is 23.5 Å². The van der Waals surface area contributed by atoms with Crippen molar-refractivity contribution < 1.29 is 8.78 Å². The van der Waals surface area contributed by atoms with Gasteiger partial charge in [-0.05, 0) is 23.6 Å². The SMILES string of the molecule is CNc1nc(Sc2ccc(F)cc2F)c2ccsc2n1. The summed E-state index contributed by atoms with van der Waals surface area (Å²) in [6.07, 6.45) is 0. The first kappa shape index (κ1) is 13.3. The number of rotatable bonds is 3. The monoisotopic (exact) mass is 309 g/mol. The molecule has 0 spiro atoms. The minimum absolute atomic E-state index is 0.333. The largest absolute Gasteiger partial charge is 0.357 e. The third-order valence-electron chi connectivity index (χ3n) is 2.61. The van der Waals surface area contributed by atoms with Crippen LogP contribution in [0.2, 0.25) is 0 Å². The van der Waals surface area contributed by atoms with E-state index in [1.807, 2.05) is 11.4 Å². The quantitative estimate of drug-likeness (QED) is 0.737. The molecular formula is C13H9F2N3S2. The van der Waals surface area contributed by atoms with Crippen LogP contribution in [0.3, 0.4) is 0 Å². The van der Waals surface area contributed by atoms with Crippen molar-refractivity contribution in [2.24, 2.45) is 0 Å². The molecule has 2 aromatic heterocycles. The van der Waals surface area contributed by atoms with Gasteiger partial charge in [0.05, 0.1) is 0 Å². The van der Waals surface area contributed by atoms with Crippen molar-refractivity contribution in [3.05, 3.63) is 41.3 Å². The van der Waals surface area contributed by atoms with Crippen molar-refractivity contribution >= 4 is 39.3 Å². The summed E-state index contributed by atoms with van der Waals surface area (Å²) in [5.41, 5.74) is 0. The van der Waals surface area contributed by atoms with E-state index in [9.17, 15) is 8.78 Å². The molecule has 1 N–H and O–H groups in total. The molecule has 0 fully saturated rings. The smallest absolute Gasteiger partial charge is 0.224 e. The lowest BCUT2D eigenvalue weighted by Crippen LogP contribution is -1.97. The third-order valence-corrected chi connectivity index (χ3v) is 4.48. The van der Waals surface area contributed by atoms with Crippen LogP contribution < -0.4 is 5.32 Å². The first-order chi connectivity index (χ1) is 9.67. The molecule has 0 aliphatic heterocycles. The van der Waals surface area contributed by atoms with Crippen molar-refractivity contribution in [3.63, 3.8) is 0 Å². The number of nitrogens with one attached hydrogen (secondary N) is 1. The van der Waals surface area contributed by atoms with Crippen molar-refractivity contribution in [1.82, 2.24) is 9.97 Å². The first-order valence-electron chi connectivity index (χ1n) is 5.73. The summed E-state index contributed by atoms with van der Waals surface area (Å²) < 4.78 is 26.7. The molecule has 7 heteroatoms. The van der Waals surface area contributed by atoms with Crippen LogP contribution in [0.5, 0.6) is 0 Å². The number of benzene rings is 1. The molecule has 0 saturated heterocycles. The number of nitrogens with zero attached hydrogens (tertiary/aromatic N) is 2. The fourth-order valence-corrected chi connectivity index (χ4v) is 3.42. The Hall–Kier alpha value is -1.73. The van der Waals surface area contributed by atoms with Crippen LogP contribution in [0.1, 0.15) is 0 Å². The van der Waals surface area contributed by atoms with E-state index >= 15 is 0 Å². The van der Waals surface area contributed by atoms with E-state index in [1.54, 1.807) is 7.05 Å². The molecule has 20 heavy (non-hydrogen) atoms. The summed E-state index contributed by atoms with van der Waals surface area (Å²) in [6, 6.07) is 5.40. The standard InChI is InChI=1S/C13H9F2N3S2/c1-16-13-17-11-8(4-5-19-11)12(18-13)20-10-3-2-7(14)6-9(10)15/h2-6H,1H3,(H,16,17,18). The fraction of sp³-hybridized carbons (Fsp3) is 0.0769. The van der Waals surface area contributed by atoms with Crippen LogP contribution in [0.15, 0.2) is 39.6 Å². The van der Waals surface area contributed by atoms with Gasteiger partial charge in [-0.25, -0.2) is 18.7 Å². The molecule has 102 valence electrons. The molecule has 0 atom stereocenters. The number of hydrogen-bond acceptors (Lipinski definition) is 5. The molecule has 0 saturated carbocycles. The van der Waals surface area contributed by atoms with Gasteiger partial charge in [-0.15, -0.1) is 11.3 Å². The zero-order chi connectivity index (χ0) is 14.1. The zero-order valence-corrected chi connectivity index (χ0v) is 12.0. The molecule has 2 heterocycles. The number of fused-ring (bicyclic) bond motifs is 1. The molecule has 0 bridgehead atoms. The lowest BCUT2D eigenvalue weighted by Gasteiger charge is -2.06. The summed E-state index contributed by atoms with van der Waals surface area (Å²) in [5, 5.41) is 6.29. The molecule has 3 aromatic rings. The van der Waals surface area contributed by atoms with Gasteiger partial charge in [0.2, 0.25) is 5.95 Å². The van der Waals surface area contributed by atoms with E-state index < -0.39 is 11.6 Å². The van der Waals surface area contributed by atoms with E-state index in [-0.39, 0.29) is 0 Å². The number of halogens is 2. The lowest BCUT2D eigenvalue weighted by molar-refractivity contribution is 0.565. The molecule has 0 radical (unpaired) electrons. The number of thiophene rings is 1. The number of anilines is 1. The average Bonchev–Trinajstić information content (AvgIpc) is 2.90. The van der Waals surface area contributed by atoms with Gasteiger partial charge >= 0.3 is 0 Å². The summed E-state index contributed by atoms with van der Waals surface area (Å²) >= 11 is 2.65. The van der Waals surface area contributed by atoms with Crippen molar-refractivity contribution in [1.29, 1.82) is 0 Å². The van der Waals surface area contributed by atoms with Crippen LogP contribution in [-0.4, -0.2) is 17.0 Å². The third kappa shape index (κ3) is 2.46. The van der Waals surface area contributed by atoms with Gasteiger partial charge in [-0.2, -0.15) is 0 Å². The van der Waals surface area contributed by atoms with Crippen molar-refractivity contribution in [2.75, 3.05) is 12.4 Å². The Labute approximate surface area is 122 Å². The van der Waals surface area contributed by atoms with Crippen molar-refractivity contribution in [2.45, 2.75) is 9.92 Å². The second-order valence-electron chi connectivity index (χ2n) is 3.92. The van der Waals surface area contributed by atoms with Gasteiger partial charge in [0.15, 0.2) is 0 Å². The fourth-order valence-electron chi connectivity index (χ4n) is 1.68. The molecule has 0 aliphatic rings. The predicted octanol–water partition coefficient (Wildman–Crippen LogP) is 4.16. The first-order valence-corrected chi connectivity index (χ1v) is 7.43. The maximum Gasteiger partial charge on any atom is 0.224 e. The summed E-state index contributed by atoms with van der Waals surface area (Å²) in [6.45, 7) is 0. The maximum absolute atomic E-state index is 13.7. The lowest BCUT2D eigenvalue weighted by atomic mass is 10.3. The van der Waals surface area contributed by atoms with Crippen LogP contribution in [0.4, 0.5) is 14.7 Å². The molecule has 0 unspecified atom stereocenters. The van der Waals surface area contributed by atoms with E-state index in [2.05, 4.69) is 15.3 Å². The van der Waals surface area contributed by atoms with Gasteiger partial charge < -0.3 is 5.32 Å². The van der Waals surface area contributed by atoms with Gasteiger partial charge in [0.1, 0.15) is 21.5 Å². The number of hydrogen-bond donors (Lipinski definition) is 1. The maximum atomic E-state index is 13.7. The summed E-state index contributed by atoms with van der Waals surface area (Å²) in [5.74, 6) is -0.709. The van der Waals surface area contributed by atoms with Gasteiger partial charge in [-0.3, -0.25) is 0 Å². The number of aromatic nitrogens is 2. The second kappa shape index (κ2) is 5.34. The van der Waals surface area contributed by atoms with E-state index in [4.69, 9.17) is 0 Å². The Morgan fingerprint density at radius 1 is 1.20 bits per heavy atom. The summed E-state index contributed by atoms with van der Waals surface area (Å²) in [4.78, 5) is 9.82. The highest BCUT2D eigenvalue weighted by atomic mass is 32.2. The molecule has 0 aliphatic carbocycles. The minimum Gasteiger partial charge on any atom is -0.357 e. The van der Waals surface area contributed by atoms with Gasteiger partial charge in [0.25, 0.3) is 0 Å². The highest BCUT2D eigenvalue weighted by Crippen LogP contribution is 2.35. The Bertz CT molecular complexity index is 773.